The van der Waals surface area contributed by atoms with Gasteiger partial charge in [0.15, 0.2) is 5.78 Å². The molecular formula is C31H27N3O2. The average molecular weight is 474 g/mol. The van der Waals surface area contributed by atoms with Crippen molar-refractivity contribution in [3.05, 3.63) is 144 Å². The summed E-state index contributed by atoms with van der Waals surface area (Å²) in [5, 5.41) is 1.57. The van der Waals surface area contributed by atoms with Gasteiger partial charge in [-0.1, -0.05) is 109 Å². The largest absolute Gasteiger partial charge is 0.398 e. The topological polar surface area (TPSA) is 90.4 Å². The van der Waals surface area contributed by atoms with Crippen LogP contribution in [0.15, 0.2) is 121 Å². The molecule has 5 aromatic carbocycles. The summed E-state index contributed by atoms with van der Waals surface area (Å²) < 4.78 is 0. The van der Waals surface area contributed by atoms with Gasteiger partial charge in [-0.25, -0.2) is 0 Å². The van der Waals surface area contributed by atoms with E-state index in [0.29, 0.717) is 16.9 Å². The Hall–Kier alpha value is -4.45. The fraction of sp³-hybridized carbons (Fsp3) is 0.0645. The second-order valence-corrected chi connectivity index (χ2v) is 8.63. The molecule has 0 aliphatic heterocycles. The molecule has 0 aromatic heterocycles. The average Bonchev–Trinajstić information content (AvgIpc) is 2.93. The summed E-state index contributed by atoms with van der Waals surface area (Å²) in [4.78, 5) is 19.2. The summed E-state index contributed by atoms with van der Waals surface area (Å²) in [6.07, 6.45) is 0. The molecule has 0 unspecified atom stereocenters. The van der Waals surface area contributed by atoms with Crippen LogP contribution in [0.25, 0.3) is 10.8 Å². The molecule has 0 radical (unpaired) electrons. The molecule has 0 fully saturated rings. The zero-order valence-corrected chi connectivity index (χ0v) is 19.7. The summed E-state index contributed by atoms with van der Waals surface area (Å²) in [5.74, 6) is -0.229. The molecule has 5 nitrogen and oxygen atoms in total. The van der Waals surface area contributed by atoms with Crippen molar-refractivity contribution >= 4 is 27.9 Å². The van der Waals surface area contributed by atoms with Crippen molar-refractivity contribution in [2.24, 2.45) is 0 Å². The van der Waals surface area contributed by atoms with Gasteiger partial charge in [0.1, 0.15) is 12.1 Å². The van der Waals surface area contributed by atoms with E-state index in [9.17, 15) is 4.79 Å². The Labute approximate surface area is 210 Å². The first-order valence-electron chi connectivity index (χ1n) is 11.8. The predicted octanol–water partition coefficient (Wildman–Crippen LogP) is 5.70. The molecule has 5 heteroatoms. The number of nitrogen functional groups attached to an aromatic ring is 2. The minimum atomic E-state index is -0.840. The van der Waals surface area contributed by atoms with Crippen molar-refractivity contribution in [2.75, 3.05) is 18.1 Å². The van der Waals surface area contributed by atoms with Gasteiger partial charge in [-0.3, -0.25) is 9.63 Å². The zero-order valence-electron chi connectivity index (χ0n) is 19.7. The quantitative estimate of drug-likeness (QED) is 0.116. The lowest BCUT2D eigenvalue weighted by atomic mass is 9.78. The third kappa shape index (κ3) is 4.22. The number of hydroxylamine groups is 1. The van der Waals surface area contributed by atoms with Crippen LogP contribution in [0.1, 0.15) is 27.0 Å². The minimum Gasteiger partial charge on any atom is -0.398 e. The van der Waals surface area contributed by atoms with E-state index in [2.05, 4.69) is 5.48 Å². The van der Waals surface area contributed by atoms with Crippen molar-refractivity contribution < 1.29 is 9.63 Å². The third-order valence-electron chi connectivity index (χ3n) is 6.49. The standard InChI is InChI=1S/C31H27N3O2/c32-28-18-10-17-26-25(28)19-20-27(30(26)33)29(35)21-36-34-31(22-11-4-1-5-12-22,23-13-6-2-7-14-23)24-15-8-3-9-16-24/h1-20,34H,21,32-33H2. The molecule has 0 aliphatic rings. The second kappa shape index (κ2) is 10.0. The molecule has 0 saturated carbocycles. The Morgan fingerprint density at radius 3 is 1.69 bits per heavy atom. The Morgan fingerprint density at radius 2 is 1.17 bits per heavy atom. The van der Waals surface area contributed by atoms with Gasteiger partial charge in [-0.2, -0.15) is 5.48 Å². The van der Waals surface area contributed by atoms with E-state index in [1.807, 2.05) is 115 Å². The Balaban J connectivity index is 1.49. The van der Waals surface area contributed by atoms with Crippen molar-refractivity contribution in [1.29, 1.82) is 0 Å². The highest BCUT2D eigenvalue weighted by molar-refractivity contribution is 6.11. The molecule has 0 spiro atoms. The number of carbonyl (C=O) groups excluding carboxylic acids is 1. The van der Waals surface area contributed by atoms with E-state index >= 15 is 0 Å². The van der Waals surface area contributed by atoms with Crippen molar-refractivity contribution in [3.63, 3.8) is 0 Å². The Kier molecular flexibility index (Phi) is 6.50. The highest BCUT2D eigenvalue weighted by Gasteiger charge is 2.37. The second-order valence-electron chi connectivity index (χ2n) is 8.63. The maximum Gasteiger partial charge on any atom is 0.192 e. The summed E-state index contributed by atoms with van der Waals surface area (Å²) in [6.45, 7) is -0.202. The molecule has 0 bridgehead atoms. The van der Waals surface area contributed by atoms with Gasteiger partial charge in [0.25, 0.3) is 0 Å². The summed E-state index contributed by atoms with van der Waals surface area (Å²) in [5.41, 5.74) is 19.2. The van der Waals surface area contributed by atoms with Crippen LogP contribution < -0.4 is 16.9 Å². The zero-order chi connectivity index (χ0) is 25.0. The van der Waals surface area contributed by atoms with Crippen LogP contribution in [0, 0.1) is 0 Å². The van der Waals surface area contributed by atoms with Gasteiger partial charge in [0.05, 0.1) is 5.69 Å². The lowest BCUT2D eigenvalue weighted by molar-refractivity contribution is 0.00621. The van der Waals surface area contributed by atoms with Crippen LogP contribution in [-0.2, 0) is 10.4 Å². The van der Waals surface area contributed by atoms with Gasteiger partial charge in [-0.15, -0.1) is 0 Å². The van der Waals surface area contributed by atoms with Crippen LogP contribution in [0.2, 0.25) is 0 Å². The normalized spacial score (nSPS) is 11.4. The van der Waals surface area contributed by atoms with Gasteiger partial charge < -0.3 is 11.5 Å². The van der Waals surface area contributed by atoms with E-state index in [0.717, 1.165) is 27.5 Å². The SMILES string of the molecule is Nc1cccc2c(N)c(C(=O)CONC(c3ccccc3)(c3ccccc3)c3ccccc3)ccc12. The van der Waals surface area contributed by atoms with Crippen molar-refractivity contribution in [3.8, 4) is 0 Å². The molecule has 5 N–H and O–H groups in total. The van der Waals surface area contributed by atoms with Crippen LogP contribution in [0.5, 0.6) is 0 Å². The molecular weight excluding hydrogens is 446 g/mol. The monoisotopic (exact) mass is 473 g/mol. The molecule has 0 atom stereocenters. The Morgan fingerprint density at radius 1 is 0.639 bits per heavy atom. The summed E-state index contributed by atoms with van der Waals surface area (Å²) >= 11 is 0. The van der Waals surface area contributed by atoms with Crippen molar-refractivity contribution in [2.45, 2.75) is 5.54 Å². The van der Waals surface area contributed by atoms with E-state index in [1.54, 1.807) is 6.07 Å². The van der Waals surface area contributed by atoms with E-state index < -0.39 is 5.54 Å². The molecule has 5 aromatic rings. The van der Waals surface area contributed by atoms with Crippen LogP contribution in [-0.4, -0.2) is 12.4 Å². The van der Waals surface area contributed by atoms with Gasteiger partial charge in [-0.05, 0) is 28.8 Å². The molecule has 178 valence electrons. The Bertz CT molecular complexity index is 1390. The smallest absolute Gasteiger partial charge is 0.192 e. The number of hydrogen-bond acceptors (Lipinski definition) is 5. The van der Waals surface area contributed by atoms with E-state index in [4.69, 9.17) is 16.3 Å². The van der Waals surface area contributed by atoms with Gasteiger partial charge in [0.2, 0.25) is 0 Å². The number of carbonyl (C=O) groups is 1. The molecule has 0 aliphatic carbocycles. The first kappa shape index (κ1) is 23.3. The van der Waals surface area contributed by atoms with E-state index in [-0.39, 0.29) is 12.4 Å². The molecule has 0 saturated heterocycles. The number of nitrogens with one attached hydrogen (secondary N) is 1. The van der Waals surface area contributed by atoms with Crippen LogP contribution in [0.3, 0.4) is 0 Å². The number of nitrogens with two attached hydrogens (primary N) is 2. The number of benzene rings is 5. The number of rotatable bonds is 8. The number of Topliss-reactive ketones (excluding diaryl/α,β-unsaturated/α-hetero) is 1. The number of hydrogen-bond donors (Lipinski definition) is 3. The van der Waals surface area contributed by atoms with Crippen LogP contribution >= 0.6 is 0 Å². The highest BCUT2D eigenvalue weighted by Crippen LogP contribution is 2.37. The first-order chi connectivity index (χ1) is 17.6. The van der Waals surface area contributed by atoms with Gasteiger partial charge >= 0.3 is 0 Å². The maximum absolute atomic E-state index is 13.2. The fourth-order valence-electron chi connectivity index (χ4n) is 4.68. The lowest BCUT2D eigenvalue weighted by Gasteiger charge is -2.36. The highest BCUT2D eigenvalue weighted by atomic mass is 16.6. The number of ketones is 1. The predicted molar refractivity (Wildman–Crippen MR) is 145 cm³/mol. The minimum absolute atomic E-state index is 0.202. The third-order valence-corrected chi connectivity index (χ3v) is 6.49. The molecule has 0 heterocycles. The van der Waals surface area contributed by atoms with Gasteiger partial charge in [0, 0.05) is 22.0 Å². The van der Waals surface area contributed by atoms with E-state index in [1.165, 1.54) is 0 Å². The fourth-order valence-corrected chi connectivity index (χ4v) is 4.68. The molecule has 36 heavy (non-hydrogen) atoms. The lowest BCUT2D eigenvalue weighted by Crippen LogP contribution is -2.45. The number of fused-ring (bicyclic) bond motifs is 1. The summed E-state index contributed by atoms with van der Waals surface area (Å²) in [6, 6.07) is 39.2. The first-order valence-corrected chi connectivity index (χ1v) is 11.8. The number of anilines is 2. The van der Waals surface area contributed by atoms with Crippen LogP contribution in [0.4, 0.5) is 11.4 Å². The maximum atomic E-state index is 13.2. The summed E-state index contributed by atoms with van der Waals surface area (Å²) in [7, 11) is 0. The van der Waals surface area contributed by atoms with Crippen molar-refractivity contribution in [1.82, 2.24) is 5.48 Å². The molecule has 5 rings (SSSR count). The molecule has 0 amide bonds.